The summed E-state index contributed by atoms with van der Waals surface area (Å²) in [5, 5.41) is 11.4. The first-order chi connectivity index (χ1) is 6.84. The lowest BCUT2D eigenvalue weighted by Crippen LogP contribution is -2.15. The highest BCUT2D eigenvalue weighted by Gasteiger charge is 2.30. The van der Waals surface area contributed by atoms with Gasteiger partial charge in [0.25, 0.3) is 0 Å². The predicted octanol–water partition coefficient (Wildman–Crippen LogP) is 2.30. The number of hydrogen-bond donors (Lipinski definition) is 1. The van der Waals surface area contributed by atoms with Crippen LogP contribution in [0, 0.1) is 0 Å². The highest BCUT2D eigenvalue weighted by atomic mass is 32.1. The summed E-state index contributed by atoms with van der Waals surface area (Å²) >= 11 is 4.85. The second-order valence-corrected chi connectivity index (χ2v) is 3.48. The van der Waals surface area contributed by atoms with E-state index in [1.807, 2.05) is 24.3 Å². The molecule has 2 aliphatic rings. The average molecular weight is 202 g/mol. The predicted molar refractivity (Wildman–Crippen MR) is 57.7 cm³/mol. The van der Waals surface area contributed by atoms with E-state index in [9.17, 15) is 0 Å². The minimum atomic E-state index is -0.0853. The molecule has 0 fully saturated rings. The number of aliphatic imine (C=N–C) groups is 1. The van der Waals surface area contributed by atoms with Crippen molar-refractivity contribution in [2.75, 3.05) is 5.32 Å². The molecule has 5 heteroatoms. The van der Waals surface area contributed by atoms with E-state index in [-0.39, 0.29) is 11.2 Å². The van der Waals surface area contributed by atoms with Gasteiger partial charge >= 0.3 is 0 Å². The molecule has 68 valence electrons. The molecule has 3 rings (SSSR count). The zero-order valence-electron chi connectivity index (χ0n) is 7.14. The monoisotopic (exact) mass is 202 g/mol. The van der Waals surface area contributed by atoms with Crippen LogP contribution < -0.4 is 5.32 Å². The van der Waals surface area contributed by atoms with E-state index in [4.69, 9.17) is 12.2 Å². The molecule has 0 spiro atoms. The Hall–Kier alpha value is -1.62. The van der Waals surface area contributed by atoms with Crippen molar-refractivity contribution in [1.29, 1.82) is 0 Å². The number of nitrogens with zero attached hydrogens (tertiary/aromatic N) is 3. The summed E-state index contributed by atoms with van der Waals surface area (Å²) in [6.45, 7) is 0. The molecule has 1 N–H and O–H groups in total. The molecule has 2 heterocycles. The fourth-order valence-electron chi connectivity index (χ4n) is 1.64. The maximum atomic E-state index is 4.85. The summed E-state index contributed by atoms with van der Waals surface area (Å²) < 4.78 is 0. The van der Waals surface area contributed by atoms with E-state index in [1.165, 1.54) is 0 Å². The normalized spacial score (nSPS) is 22.4. The molecule has 2 aliphatic heterocycles. The Kier molecular flexibility index (Phi) is 1.49. The third kappa shape index (κ3) is 0.990. The van der Waals surface area contributed by atoms with Crippen molar-refractivity contribution in [2.24, 2.45) is 15.2 Å². The summed E-state index contributed by atoms with van der Waals surface area (Å²) in [6, 6.07) is 7.88. The number of anilines is 1. The van der Waals surface area contributed by atoms with Crippen LogP contribution in [0.5, 0.6) is 0 Å². The zero-order valence-corrected chi connectivity index (χ0v) is 7.95. The van der Waals surface area contributed by atoms with Crippen LogP contribution in [0.15, 0.2) is 39.5 Å². The van der Waals surface area contributed by atoms with Crippen molar-refractivity contribution in [3.8, 4) is 0 Å². The minimum absolute atomic E-state index is 0.0853. The molecule has 0 aromatic heterocycles. The molecule has 0 saturated heterocycles. The maximum Gasteiger partial charge on any atom is 0.241 e. The van der Waals surface area contributed by atoms with Crippen molar-refractivity contribution in [3.63, 3.8) is 0 Å². The van der Waals surface area contributed by atoms with Gasteiger partial charge in [0, 0.05) is 11.3 Å². The van der Waals surface area contributed by atoms with Gasteiger partial charge in [0.15, 0.2) is 6.04 Å². The maximum absolute atomic E-state index is 4.85. The van der Waals surface area contributed by atoms with E-state index >= 15 is 0 Å². The van der Waals surface area contributed by atoms with Crippen molar-refractivity contribution in [1.82, 2.24) is 0 Å². The van der Waals surface area contributed by atoms with E-state index in [1.54, 1.807) is 0 Å². The smallest absolute Gasteiger partial charge is 0.241 e. The number of nitrogens with one attached hydrogen (secondary N) is 1. The van der Waals surface area contributed by atoms with Crippen LogP contribution in [0.3, 0.4) is 0 Å². The molecule has 1 aromatic carbocycles. The van der Waals surface area contributed by atoms with E-state index in [0.717, 1.165) is 17.1 Å². The minimum Gasteiger partial charge on any atom is -0.341 e. The molecule has 1 unspecified atom stereocenters. The highest BCUT2D eigenvalue weighted by molar-refractivity contribution is 7.80. The van der Waals surface area contributed by atoms with Gasteiger partial charge in [-0.25, -0.2) is 4.99 Å². The Morgan fingerprint density at radius 2 is 2.14 bits per heavy atom. The first-order valence-electron chi connectivity index (χ1n) is 4.24. The quantitative estimate of drug-likeness (QED) is 0.656. The molecule has 0 bridgehead atoms. The Morgan fingerprint density at radius 1 is 1.29 bits per heavy atom. The second kappa shape index (κ2) is 2.68. The van der Waals surface area contributed by atoms with E-state index < -0.39 is 0 Å². The van der Waals surface area contributed by atoms with Crippen molar-refractivity contribution in [2.45, 2.75) is 6.04 Å². The molecule has 0 aliphatic carbocycles. The Labute approximate surface area is 85.8 Å². The molecular weight excluding hydrogens is 196 g/mol. The van der Waals surface area contributed by atoms with Gasteiger partial charge in [0.05, 0.1) is 0 Å². The summed E-state index contributed by atoms with van der Waals surface area (Å²) in [6.07, 6.45) is 0. The fraction of sp³-hybridized carbons (Fsp3) is 0.111. The van der Waals surface area contributed by atoms with Gasteiger partial charge in [-0.1, -0.05) is 18.2 Å². The summed E-state index contributed by atoms with van der Waals surface area (Å²) in [5.74, 6) is 0.784. The first kappa shape index (κ1) is 7.75. The third-order valence-electron chi connectivity index (χ3n) is 2.25. The Bertz CT molecular complexity index is 477. The van der Waals surface area contributed by atoms with Crippen molar-refractivity contribution < 1.29 is 0 Å². The van der Waals surface area contributed by atoms with Crippen LogP contribution in [-0.4, -0.2) is 10.9 Å². The fourth-order valence-corrected chi connectivity index (χ4v) is 1.79. The molecule has 4 nitrogen and oxygen atoms in total. The van der Waals surface area contributed by atoms with Gasteiger partial charge in [0.2, 0.25) is 5.11 Å². The van der Waals surface area contributed by atoms with Gasteiger partial charge in [0.1, 0.15) is 5.84 Å². The lowest BCUT2D eigenvalue weighted by molar-refractivity contribution is 0.893. The van der Waals surface area contributed by atoms with Crippen LogP contribution in [-0.2, 0) is 0 Å². The molecule has 0 saturated carbocycles. The van der Waals surface area contributed by atoms with Crippen LogP contribution in [0.4, 0.5) is 5.69 Å². The number of amidine groups is 1. The zero-order chi connectivity index (χ0) is 9.54. The standard InChI is InChI=1S/C9H6N4S/c14-9-11-8-7(12-13-9)5-3-1-2-4-6(5)10-8/h1-4,7H,(H,10,11,14). The van der Waals surface area contributed by atoms with Crippen LogP contribution in [0.1, 0.15) is 11.6 Å². The third-order valence-corrected chi connectivity index (χ3v) is 2.42. The van der Waals surface area contributed by atoms with Crippen LogP contribution >= 0.6 is 12.2 Å². The molecule has 0 amide bonds. The van der Waals surface area contributed by atoms with Gasteiger partial charge in [-0.05, 0) is 18.3 Å². The van der Waals surface area contributed by atoms with Gasteiger partial charge in [-0.3, -0.25) is 0 Å². The Balaban J connectivity index is 2.15. The molecule has 1 aromatic rings. The number of azo groups is 1. The molecule has 1 atom stereocenters. The highest BCUT2D eigenvalue weighted by Crippen LogP contribution is 2.35. The van der Waals surface area contributed by atoms with E-state index in [0.29, 0.717) is 0 Å². The summed E-state index contributed by atoms with van der Waals surface area (Å²) in [5.41, 5.74) is 2.15. The largest absolute Gasteiger partial charge is 0.341 e. The van der Waals surface area contributed by atoms with Gasteiger partial charge < -0.3 is 5.32 Å². The van der Waals surface area contributed by atoms with E-state index in [2.05, 4.69) is 20.5 Å². The number of thiocarbonyl (C=S) groups is 1. The number of hydrogen-bond acceptors (Lipinski definition) is 3. The number of rotatable bonds is 0. The van der Waals surface area contributed by atoms with Crippen molar-refractivity contribution in [3.05, 3.63) is 29.8 Å². The molecule has 0 radical (unpaired) electrons. The Morgan fingerprint density at radius 3 is 3.07 bits per heavy atom. The SMILES string of the molecule is S=C1N=NC2C(=N1)Nc1ccccc12. The number of para-hydroxylation sites is 1. The van der Waals surface area contributed by atoms with Crippen molar-refractivity contribution >= 4 is 28.9 Å². The second-order valence-electron chi connectivity index (χ2n) is 3.11. The van der Waals surface area contributed by atoms with Gasteiger partial charge in [-0.15, -0.1) is 5.11 Å². The molecular formula is C9H6N4S. The van der Waals surface area contributed by atoms with Crippen LogP contribution in [0.2, 0.25) is 0 Å². The number of fused-ring (bicyclic) bond motifs is 3. The van der Waals surface area contributed by atoms with Gasteiger partial charge in [-0.2, -0.15) is 5.11 Å². The first-order valence-corrected chi connectivity index (χ1v) is 4.65. The average Bonchev–Trinajstić information content (AvgIpc) is 2.54. The van der Waals surface area contributed by atoms with Crippen LogP contribution in [0.25, 0.3) is 0 Å². The lowest BCUT2D eigenvalue weighted by Gasteiger charge is -2.07. The number of benzene rings is 1. The molecule has 14 heavy (non-hydrogen) atoms. The summed E-state index contributed by atoms with van der Waals surface area (Å²) in [7, 11) is 0. The summed E-state index contributed by atoms with van der Waals surface area (Å²) in [4.78, 5) is 4.14. The lowest BCUT2D eigenvalue weighted by atomic mass is 10.1. The topological polar surface area (TPSA) is 49.1 Å².